The first-order valence-electron chi connectivity index (χ1n) is 6.79. The minimum absolute atomic E-state index is 0. The van der Waals surface area contributed by atoms with Gasteiger partial charge in [-0.1, -0.05) is 0 Å². The Morgan fingerprint density at radius 1 is 0.556 bits per heavy atom. The Bertz CT molecular complexity index is 554. The first kappa shape index (κ1) is 28.6. The number of carbonyl (C=O) groups is 4. The molecule has 0 amide bonds. The van der Waals surface area contributed by atoms with Crippen LogP contribution in [0.4, 0.5) is 0 Å². The summed E-state index contributed by atoms with van der Waals surface area (Å²) in [6.45, 7) is 0. The molecule has 0 aliphatic heterocycles. The molecule has 0 aromatic heterocycles. The minimum atomic E-state index is -1.55. The first-order chi connectivity index (χ1) is 12.3. The van der Waals surface area contributed by atoms with Crippen LogP contribution in [0, 0.1) is 0 Å². The van der Waals surface area contributed by atoms with E-state index in [-0.39, 0.29) is 24.6 Å². The summed E-state index contributed by atoms with van der Waals surface area (Å²) in [5, 5.41) is 37.7. The number of carboxylic acid groups (broad SMARTS) is 4. The van der Waals surface area contributed by atoms with Gasteiger partial charge < -0.3 is 39.6 Å². The molecule has 0 heterocycles. The van der Waals surface area contributed by atoms with Crippen LogP contribution in [-0.2, 0) is 40.9 Å². The van der Waals surface area contributed by atoms with E-state index in [9.17, 15) is 39.6 Å². The van der Waals surface area contributed by atoms with Crippen molar-refractivity contribution < 1.29 is 64.2 Å². The van der Waals surface area contributed by atoms with Gasteiger partial charge in [0.1, 0.15) is 0 Å². The number of aliphatic carboxylic acids is 4. The van der Waals surface area contributed by atoms with E-state index in [2.05, 4.69) is 0 Å². The van der Waals surface area contributed by atoms with E-state index in [1.165, 1.54) is 0 Å². The summed E-state index contributed by atoms with van der Waals surface area (Å²) < 4.78 is 0. The van der Waals surface area contributed by atoms with Crippen LogP contribution in [0.5, 0.6) is 0 Å². The van der Waals surface area contributed by atoms with Gasteiger partial charge in [-0.2, -0.15) is 36.4 Å². The van der Waals surface area contributed by atoms with Gasteiger partial charge in [0.2, 0.25) is 0 Å². The number of carbonyl (C=O) groups excluding carboxylic acids is 4. The molecule has 8 nitrogen and oxygen atoms in total. The predicted molar refractivity (Wildman–Crippen MR) is 84.6 cm³/mol. The summed E-state index contributed by atoms with van der Waals surface area (Å²) >= 11 is 0. The molecular formula is C18H16O8Ti. The quantitative estimate of drug-likeness (QED) is 0.296. The van der Waals surface area contributed by atoms with Crippen LogP contribution in [0.3, 0.4) is 0 Å². The molecule has 0 bridgehead atoms. The zero-order chi connectivity index (χ0) is 20.2. The van der Waals surface area contributed by atoms with E-state index in [4.69, 9.17) is 0 Å². The molecule has 0 spiro atoms. The summed E-state index contributed by atoms with van der Waals surface area (Å²) in [5.41, 5.74) is 0. The first-order valence-corrected chi connectivity index (χ1v) is 6.79. The van der Waals surface area contributed by atoms with Crippen molar-refractivity contribution in [1.82, 2.24) is 0 Å². The molecule has 0 N–H and O–H groups in total. The zero-order valence-corrected chi connectivity index (χ0v) is 15.4. The van der Waals surface area contributed by atoms with Crippen LogP contribution in [-0.4, -0.2) is 23.9 Å². The third-order valence-corrected chi connectivity index (χ3v) is 1.82. The van der Waals surface area contributed by atoms with Gasteiger partial charge in [-0.05, 0) is 24.3 Å². The molecule has 140 valence electrons. The number of hydrogen-bond acceptors (Lipinski definition) is 8. The molecule has 2 aromatic carbocycles. The van der Waals surface area contributed by atoms with E-state index >= 15 is 0 Å². The molecule has 0 radical (unpaired) electrons. The molecule has 27 heavy (non-hydrogen) atoms. The monoisotopic (exact) mass is 408 g/mol. The predicted octanol–water partition coefficient (Wildman–Crippen LogP) is -2.88. The minimum Gasteiger partial charge on any atom is -0.545 e. The van der Waals surface area contributed by atoms with Crippen LogP contribution in [0.2, 0.25) is 0 Å². The van der Waals surface area contributed by atoms with Crippen LogP contribution in [0.15, 0.2) is 85.0 Å². The second-order valence-electron chi connectivity index (χ2n) is 3.87. The fourth-order valence-electron chi connectivity index (χ4n) is 0.914. The van der Waals surface area contributed by atoms with E-state index in [0.29, 0.717) is 24.3 Å². The summed E-state index contributed by atoms with van der Waals surface area (Å²) in [5.74, 6) is -6.19. The molecule has 0 aliphatic carbocycles. The maximum atomic E-state index is 9.41. The fourth-order valence-corrected chi connectivity index (χ4v) is 0.914. The number of carboxylic acids is 4. The van der Waals surface area contributed by atoms with E-state index < -0.39 is 23.9 Å². The van der Waals surface area contributed by atoms with E-state index in [1.54, 1.807) is 0 Å². The van der Waals surface area contributed by atoms with Gasteiger partial charge >= 0.3 is 24.6 Å². The Labute approximate surface area is 173 Å². The van der Waals surface area contributed by atoms with Gasteiger partial charge in [-0.15, -0.1) is 0 Å². The Morgan fingerprint density at radius 3 is 0.815 bits per heavy atom. The van der Waals surface area contributed by atoms with Crippen LogP contribution in [0.25, 0.3) is 0 Å². The third kappa shape index (κ3) is 34.9. The van der Waals surface area contributed by atoms with E-state index in [1.807, 2.05) is 60.7 Å². The molecule has 0 aliphatic rings. The summed E-state index contributed by atoms with van der Waals surface area (Å²) in [4.78, 5) is 37.7. The molecule has 9 heteroatoms. The van der Waals surface area contributed by atoms with Gasteiger partial charge in [0, 0.05) is 0 Å². The van der Waals surface area contributed by atoms with Gasteiger partial charge in [0.15, 0.2) is 0 Å². The standard InChI is InChI=1S/2C5H5.2C4H4O4.Ti/c2*1-2-4-5-3-1;2*5-3(6)1-2-4(7)8;/h2*1-5H;2*1-2H,(H,5,6)(H,7,8);/q2*-1;;;+4/p-2/b;;2*2-1+;. The molecule has 2 rings (SSSR count). The molecule has 0 saturated heterocycles. The zero-order valence-electron chi connectivity index (χ0n) is 15.8. The average molecular weight is 408 g/mol. The van der Waals surface area contributed by atoms with Crippen molar-refractivity contribution in [2.24, 2.45) is 0 Å². The van der Waals surface area contributed by atoms with Crippen molar-refractivity contribution in [3.63, 3.8) is 0 Å². The average Bonchev–Trinajstić information content (AvgIpc) is 3.28. The Balaban J connectivity index is -0.0000000867. The fraction of sp³-hybridized carbons (Fsp3) is 0. The smallest absolute Gasteiger partial charge is 0.545 e. The second kappa shape index (κ2) is 20.8. The van der Waals surface area contributed by atoms with Crippen molar-refractivity contribution >= 4 is 23.9 Å². The second-order valence-corrected chi connectivity index (χ2v) is 3.87. The van der Waals surface area contributed by atoms with Crippen molar-refractivity contribution in [2.45, 2.75) is 0 Å². The molecule has 2 aromatic rings. The molecule has 0 unspecified atom stereocenters. The largest absolute Gasteiger partial charge is 4.00 e. The van der Waals surface area contributed by atoms with Gasteiger partial charge in [0.05, 0.1) is 23.9 Å². The Kier molecular flexibility index (Phi) is 22.0. The Hall–Kier alpha value is -3.23. The SMILES string of the molecule is O=C([O-])/C=C/C(=O)[O-].O=C([O-])/C=C/C(=O)[O-].[H+].[H+].[Ti+4].c1cc[cH-]c1.c1cc[cH-]c1. The van der Waals surface area contributed by atoms with Crippen molar-refractivity contribution in [3.05, 3.63) is 85.0 Å². The maximum absolute atomic E-state index is 9.41. The van der Waals surface area contributed by atoms with Crippen molar-refractivity contribution in [2.75, 3.05) is 0 Å². The van der Waals surface area contributed by atoms with Crippen LogP contribution < -0.4 is 20.4 Å². The maximum Gasteiger partial charge on any atom is 4.00 e. The van der Waals surface area contributed by atoms with Crippen molar-refractivity contribution in [3.8, 4) is 0 Å². The topological polar surface area (TPSA) is 161 Å². The molecule has 0 fully saturated rings. The third-order valence-electron chi connectivity index (χ3n) is 1.82. The molecule has 0 atom stereocenters. The van der Waals surface area contributed by atoms with Gasteiger partial charge in [-0.3, -0.25) is 0 Å². The Morgan fingerprint density at radius 2 is 0.741 bits per heavy atom. The number of hydrogen-bond donors (Lipinski definition) is 0. The van der Waals surface area contributed by atoms with Crippen LogP contribution in [0.1, 0.15) is 2.85 Å². The summed E-state index contributed by atoms with van der Waals surface area (Å²) in [7, 11) is 0. The number of rotatable bonds is 4. The van der Waals surface area contributed by atoms with E-state index in [0.717, 1.165) is 0 Å². The van der Waals surface area contributed by atoms with Gasteiger partial charge in [-0.25, -0.2) is 24.3 Å². The van der Waals surface area contributed by atoms with Crippen molar-refractivity contribution in [1.29, 1.82) is 0 Å². The van der Waals surface area contributed by atoms with Gasteiger partial charge in [0.25, 0.3) is 0 Å². The normalized spacial score (nSPS) is 8.59. The van der Waals surface area contributed by atoms with Crippen LogP contribution >= 0.6 is 0 Å². The summed E-state index contributed by atoms with van der Waals surface area (Å²) in [6.07, 6.45) is 1.54. The molecular weight excluding hydrogens is 392 g/mol. The summed E-state index contributed by atoms with van der Waals surface area (Å²) in [6, 6.07) is 20.0. The molecule has 0 saturated carbocycles.